The fourth-order valence-corrected chi connectivity index (χ4v) is 2.33. The smallest absolute Gasteiger partial charge is 0.310 e. The van der Waals surface area contributed by atoms with Crippen LogP contribution in [-0.2, 0) is 6.54 Å². The zero-order valence-electron chi connectivity index (χ0n) is 10.6. The molecule has 0 heterocycles. The van der Waals surface area contributed by atoms with Crippen LogP contribution in [0.3, 0.4) is 0 Å². The Morgan fingerprint density at radius 2 is 2.00 bits per heavy atom. The van der Waals surface area contributed by atoms with Gasteiger partial charge in [-0.3, -0.25) is 0 Å². The van der Waals surface area contributed by atoms with E-state index in [1.54, 1.807) is 0 Å². The Hall–Kier alpha value is -0.680. The van der Waals surface area contributed by atoms with Crippen LogP contribution in [0.1, 0.15) is 25.8 Å². The lowest BCUT2D eigenvalue weighted by Gasteiger charge is -2.10. The summed E-state index contributed by atoms with van der Waals surface area (Å²) in [4.78, 5) is 0.891. The van der Waals surface area contributed by atoms with Crippen molar-refractivity contribution in [3.05, 3.63) is 29.8 Å². The molecule has 1 rings (SSSR count). The summed E-state index contributed by atoms with van der Waals surface area (Å²) < 4.78 is 36.1. The molecule has 0 radical (unpaired) electrons. The van der Waals surface area contributed by atoms with Gasteiger partial charge in [0.1, 0.15) is 0 Å². The fraction of sp³-hybridized carbons (Fsp3) is 0.538. The molecule has 18 heavy (non-hydrogen) atoms. The van der Waals surface area contributed by atoms with Crippen molar-refractivity contribution < 1.29 is 13.2 Å². The Morgan fingerprint density at radius 1 is 1.28 bits per heavy atom. The van der Waals surface area contributed by atoms with Gasteiger partial charge in [-0.15, -0.1) is 11.8 Å². The summed E-state index contributed by atoms with van der Waals surface area (Å²) >= 11 is 1.25. The molecule has 0 atom stereocenters. The standard InChI is InChI=1S/C13H18F3NS/c1-10(2)17-9-11-4-3-5-12(8-11)18-7-6-13(14,15)16/h3-5,8,10,17H,6-7,9H2,1-2H3. The van der Waals surface area contributed by atoms with Crippen LogP contribution < -0.4 is 5.32 Å². The maximum atomic E-state index is 12.0. The van der Waals surface area contributed by atoms with E-state index in [4.69, 9.17) is 0 Å². The summed E-state index contributed by atoms with van der Waals surface area (Å²) in [6.07, 6.45) is -4.81. The highest BCUT2D eigenvalue weighted by molar-refractivity contribution is 7.99. The highest BCUT2D eigenvalue weighted by Crippen LogP contribution is 2.26. The van der Waals surface area contributed by atoms with Crippen molar-refractivity contribution >= 4 is 11.8 Å². The van der Waals surface area contributed by atoms with Crippen molar-refractivity contribution in [2.45, 2.75) is 43.9 Å². The van der Waals surface area contributed by atoms with Crippen LogP contribution in [-0.4, -0.2) is 18.0 Å². The van der Waals surface area contributed by atoms with Crippen LogP contribution in [0.2, 0.25) is 0 Å². The van der Waals surface area contributed by atoms with Crippen molar-refractivity contribution in [2.75, 3.05) is 5.75 Å². The quantitative estimate of drug-likeness (QED) is 0.781. The Balaban J connectivity index is 2.44. The Kier molecular flexibility index (Phi) is 6.02. The second-order valence-corrected chi connectivity index (χ2v) is 5.56. The Morgan fingerprint density at radius 3 is 2.61 bits per heavy atom. The van der Waals surface area contributed by atoms with E-state index >= 15 is 0 Å². The van der Waals surface area contributed by atoms with Gasteiger partial charge in [0.2, 0.25) is 0 Å². The third kappa shape index (κ3) is 6.91. The molecule has 1 N–H and O–H groups in total. The summed E-state index contributed by atoms with van der Waals surface area (Å²) in [7, 11) is 0. The van der Waals surface area contributed by atoms with E-state index in [1.807, 2.05) is 24.3 Å². The molecular weight excluding hydrogens is 259 g/mol. The zero-order chi connectivity index (χ0) is 13.6. The first-order valence-corrected chi connectivity index (χ1v) is 6.87. The van der Waals surface area contributed by atoms with Gasteiger partial charge in [-0.25, -0.2) is 0 Å². The summed E-state index contributed by atoms with van der Waals surface area (Å²) in [5.74, 6) is 0.0740. The molecule has 0 spiro atoms. The molecule has 1 nitrogen and oxygen atoms in total. The fourth-order valence-electron chi connectivity index (χ4n) is 1.35. The number of rotatable bonds is 6. The predicted molar refractivity (Wildman–Crippen MR) is 69.8 cm³/mol. The SMILES string of the molecule is CC(C)NCc1cccc(SCCC(F)(F)F)c1. The van der Waals surface area contributed by atoms with Gasteiger partial charge in [-0.1, -0.05) is 26.0 Å². The molecule has 0 aliphatic carbocycles. The van der Waals surface area contributed by atoms with Gasteiger partial charge in [0.15, 0.2) is 0 Å². The van der Waals surface area contributed by atoms with Gasteiger partial charge in [0.25, 0.3) is 0 Å². The maximum Gasteiger partial charge on any atom is 0.389 e. The third-order valence-electron chi connectivity index (χ3n) is 2.27. The molecule has 1 aromatic carbocycles. The molecular formula is C13H18F3NS. The van der Waals surface area contributed by atoms with Crippen LogP contribution in [0.25, 0.3) is 0 Å². The molecule has 0 fully saturated rings. The van der Waals surface area contributed by atoms with Gasteiger partial charge in [-0.05, 0) is 17.7 Å². The van der Waals surface area contributed by atoms with E-state index in [-0.39, 0.29) is 5.75 Å². The van der Waals surface area contributed by atoms with Crippen molar-refractivity contribution in [1.29, 1.82) is 0 Å². The van der Waals surface area contributed by atoms with Gasteiger partial charge < -0.3 is 5.32 Å². The third-order valence-corrected chi connectivity index (χ3v) is 3.26. The number of hydrogen-bond acceptors (Lipinski definition) is 2. The molecule has 0 aromatic heterocycles. The number of alkyl halides is 3. The van der Waals surface area contributed by atoms with E-state index in [0.717, 1.165) is 17.0 Å². The van der Waals surface area contributed by atoms with Crippen molar-refractivity contribution in [1.82, 2.24) is 5.32 Å². The lowest BCUT2D eigenvalue weighted by atomic mass is 10.2. The molecule has 0 amide bonds. The first-order chi connectivity index (χ1) is 8.37. The van der Waals surface area contributed by atoms with E-state index in [2.05, 4.69) is 19.2 Å². The van der Waals surface area contributed by atoms with Crippen molar-refractivity contribution in [2.24, 2.45) is 0 Å². The molecule has 0 bridgehead atoms. The van der Waals surface area contributed by atoms with Crippen molar-refractivity contribution in [3.8, 4) is 0 Å². The molecule has 5 heteroatoms. The average molecular weight is 277 g/mol. The van der Waals surface area contributed by atoms with E-state index < -0.39 is 12.6 Å². The van der Waals surface area contributed by atoms with Crippen LogP contribution in [0.5, 0.6) is 0 Å². The minimum atomic E-state index is -4.07. The highest BCUT2D eigenvalue weighted by atomic mass is 32.2. The summed E-state index contributed by atoms with van der Waals surface area (Å²) in [6.45, 7) is 4.86. The number of thioether (sulfide) groups is 1. The van der Waals surface area contributed by atoms with Gasteiger partial charge in [-0.2, -0.15) is 13.2 Å². The normalized spacial score (nSPS) is 12.1. The molecule has 0 saturated carbocycles. The van der Waals surface area contributed by atoms with Gasteiger partial charge in [0.05, 0.1) is 6.42 Å². The van der Waals surface area contributed by atoms with Gasteiger partial charge in [0, 0.05) is 23.2 Å². The number of benzene rings is 1. The Bertz CT molecular complexity index is 363. The summed E-state index contributed by atoms with van der Waals surface area (Å²) in [5.41, 5.74) is 1.10. The van der Waals surface area contributed by atoms with Crippen LogP contribution in [0.15, 0.2) is 29.2 Å². The first kappa shape index (κ1) is 15.4. The van der Waals surface area contributed by atoms with E-state index in [1.165, 1.54) is 11.8 Å². The number of hydrogen-bond donors (Lipinski definition) is 1. The molecule has 102 valence electrons. The Labute approximate surface area is 110 Å². The molecule has 0 aliphatic rings. The number of nitrogens with one attached hydrogen (secondary N) is 1. The minimum Gasteiger partial charge on any atom is -0.310 e. The second-order valence-electron chi connectivity index (χ2n) is 4.40. The average Bonchev–Trinajstić information content (AvgIpc) is 2.25. The van der Waals surface area contributed by atoms with E-state index in [0.29, 0.717) is 6.04 Å². The monoisotopic (exact) mass is 277 g/mol. The summed E-state index contributed by atoms with van der Waals surface area (Å²) in [6, 6.07) is 8.04. The molecule has 0 aliphatic heterocycles. The molecule has 0 saturated heterocycles. The van der Waals surface area contributed by atoms with Crippen LogP contribution in [0, 0.1) is 0 Å². The largest absolute Gasteiger partial charge is 0.389 e. The molecule has 1 aromatic rings. The van der Waals surface area contributed by atoms with Crippen LogP contribution >= 0.6 is 11.8 Å². The van der Waals surface area contributed by atoms with Crippen LogP contribution in [0.4, 0.5) is 13.2 Å². The lowest BCUT2D eigenvalue weighted by Crippen LogP contribution is -2.21. The predicted octanol–water partition coefficient (Wildman–Crippen LogP) is 4.23. The summed E-state index contributed by atoms with van der Waals surface area (Å²) in [5, 5.41) is 3.28. The minimum absolute atomic E-state index is 0.0740. The first-order valence-electron chi connectivity index (χ1n) is 5.89. The highest BCUT2D eigenvalue weighted by Gasteiger charge is 2.26. The zero-order valence-corrected chi connectivity index (χ0v) is 11.4. The molecule has 0 unspecified atom stereocenters. The lowest BCUT2D eigenvalue weighted by molar-refractivity contribution is -0.129. The second kappa shape index (κ2) is 7.04. The maximum absolute atomic E-state index is 12.0. The van der Waals surface area contributed by atoms with Gasteiger partial charge >= 0.3 is 6.18 Å². The van der Waals surface area contributed by atoms with E-state index in [9.17, 15) is 13.2 Å². The number of halogens is 3. The van der Waals surface area contributed by atoms with Crippen molar-refractivity contribution in [3.63, 3.8) is 0 Å². The topological polar surface area (TPSA) is 12.0 Å².